The molecule has 16 heavy (non-hydrogen) atoms. The number of nitrogens with one attached hydrogen (secondary N) is 1. The summed E-state index contributed by atoms with van der Waals surface area (Å²) >= 11 is 1.81. The van der Waals surface area contributed by atoms with Crippen LogP contribution in [-0.2, 0) is 0 Å². The SMILES string of the molecule is CCC1NC(C)CC1c1ccc(SC)cc1. The van der Waals surface area contributed by atoms with Crippen molar-refractivity contribution >= 4 is 11.8 Å². The Labute approximate surface area is 103 Å². The highest BCUT2D eigenvalue weighted by molar-refractivity contribution is 7.98. The summed E-state index contributed by atoms with van der Waals surface area (Å²) in [7, 11) is 0. The normalized spacial score (nSPS) is 29.6. The minimum atomic E-state index is 0.662. The van der Waals surface area contributed by atoms with Gasteiger partial charge in [-0.05, 0) is 43.7 Å². The van der Waals surface area contributed by atoms with E-state index >= 15 is 0 Å². The summed E-state index contributed by atoms with van der Waals surface area (Å²) in [6, 6.07) is 10.4. The van der Waals surface area contributed by atoms with E-state index in [1.807, 2.05) is 11.8 Å². The number of thioether (sulfide) groups is 1. The third-order valence-electron chi connectivity index (χ3n) is 3.58. The van der Waals surface area contributed by atoms with Crippen molar-refractivity contribution in [2.75, 3.05) is 6.26 Å². The highest BCUT2D eigenvalue weighted by Crippen LogP contribution is 2.33. The molecule has 0 saturated carbocycles. The lowest BCUT2D eigenvalue weighted by molar-refractivity contribution is 0.517. The molecule has 0 bridgehead atoms. The van der Waals surface area contributed by atoms with Crippen molar-refractivity contribution in [3.8, 4) is 0 Å². The predicted molar refractivity (Wildman–Crippen MR) is 72.3 cm³/mol. The third kappa shape index (κ3) is 2.44. The standard InChI is InChI=1S/C14H21NS/c1-4-14-13(9-10(2)15-14)11-5-7-12(16-3)8-6-11/h5-8,10,13-15H,4,9H2,1-3H3. The van der Waals surface area contributed by atoms with Crippen molar-refractivity contribution in [2.45, 2.75) is 49.6 Å². The van der Waals surface area contributed by atoms with Gasteiger partial charge in [-0.15, -0.1) is 11.8 Å². The van der Waals surface area contributed by atoms with E-state index in [4.69, 9.17) is 0 Å². The second-order valence-corrected chi connectivity index (χ2v) is 5.58. The van der Waals surface area contributed by atoms with E-state index in [9.17, 15) is 0 Å². The monoisotopic (exact) mass is 235 g/mol. The fourth-order valence-electron chi connectivity index (χ4n) is 2.72. The van der Waals surface area contributed by atoms with Gasteiger partial charge in [0.25, 0.3) is 0 Å². The fourth-order valence-corrected chi connectivity index (χ4v) is 3.12. The Kier molecular flexibility index (Phi) is 3.93. The lowest BCUT2D eigenvalue weighted by Gasteiger charge is -2.18. The van der Waals surface area contributed by atoms with E-state index < -0.39 is 0 Å². The summed E-state index contributed by atoms with van der Waals surface area (Å²) in [5.41, 5.74) is 1.50. The number of rotatable bonds is 3. The zero-order valence-corrected chi connectivity index (χ0v) is 11.2. The first kappa shape index (κ1) is 12.0. The predicted octanol–water partition coefficient (Wildman–Crippen LogP) is 3.65. The van der Waals surface area contributed by atoms with Crippen molar-refractivity contribution < 1.29 is 0 Å². The molecule has 1 saturated heterocycles. The van der Waals surface area contributed by atoms with Crippen molar-refractivity contribution in [1.29, 1.82) is 0 Å². The topological polar surface area (TPSA) is 12.0 Å². The highest BCUT2D eigenvalue weighted by atomic mass is 32.2. The molecule has 1 fully saturated rings. The van der Waals surface area contributed by atoms with Gasteiger partial charge < -0.3 is 5.32 Å². The molecule has 1 N–H and O–H groups in total. The van der Waals surface area contributed by atoms with Gasteiger partial charge >= 0.3 is 0 Å². The molecule has 2 rings (SSSR count). The van der Waals surface area contributed by atoms with Crippen LogP contribution in [0.15, 0.2) is 29.2 Å². The second kappa shape index (κ2) is 5.24. The van der Waals surface area contributed by atoms with Crippen LogP contribution in [-0.4, -0.2) is 18.3 Å². The Hall–Kier alpha value is -0.470. The Morgan fingerprint density at radius 2 is 2.00 bits per heavy atom. The van der Waals surface area contributed by atoms with Crippen LogP contribution in [0, 0.1) is 0 Å². The van der Waals surface area contributed by atoms with E-state index in [0.717, 1.165) is 0 Å². The molecule has 1 heterocycles. The molecule has 1 aliphatic heterocycles. The molecule has 0 amide bonds. The molecule has 1 nitrogen and oxygen atoms in total. The Morgan fingerprint density at radius 3 is 2.56 bits per heavy atom. The van der Waals surface area contributed by atoms with Gasteiger partial charge in [0.05, 0.1) is 0 Å². The van der Waals surface area contributed by atoms with Crippen LogP contribution in [0.2, 0.25) is 0 Å². The largest absolute Gasteiger partial charge is 0.311 e. The van der Waals surface area contributed by atoms with E-state index in [-0.39, 0.29) is 0 Å². The van der Waals surface area contributed by atoms with E-state index in [1.165, 1.54) is 23.3 Å². The number of hydrogen-bond donors (Lipinski definition) is 1. The smallest absolute Gasteiger partial charge is 0.0136 e. The maximum absolute atomic E-state index is 3.68. The zero-order valence-electron chi connectivity index (χ0n) is 10.4. The van der Waals surface area contributed by atoms with Crippen LogP contribution in [0.25, 0.3) is 0 Å². The number of hydrogen-bond acceptors (Lipinski definition) is 2. The minimum absolute atomic E-state index is 0.662. The quantitative estimate of drug-likeness (QED) is 0.803. The van der Waals surface area contributed by atoms with Gasteiger partial charge in [-0.25, -0.2) is 0 Å². The Balaban J connectivity index is 2.16. The Morgan fingerprint density at radius 1 is 1.31 bits per heavy atom. The van der Waals surface area contributed by atoms with Gasteiger partial charge in [-0.2, -0.15) is 0 Å². The van der Waals surface area contributed by atoms with Crippen molar-refractivity contribution in [2.24, 2.45) is 0 Å². The van der Waals surface area contributed by atoms with Gasteiger partial charge in [0, 0.05) is 22.9 Å². The summed E-state index contributed by atoms with van der Waals surface area (Å²) in [4.78, 5) is 1.36. The van der Waals surface area contributed by atoms with Gasteiger partial charge in [0.1, 0.15) is 0 Å². The lowest BCUT2D eigenvalue weighted by atomic mass is 9.90. The molecule has 88 valence electrons. The van der Waals surface area contributed by atoms with Crippen LogP contribution in [0.4, 0.5) is 0 Å². The van der Waals surface area contributed by atoms with E-state index in [1.54, 1.807) is 0 Å². The maximum atomic E-state index is 3.68. The average Bonchev–Trinajstić information content (AvgIpc) is 2.70. The van der Waals surface area contributed by atoms with Crippen molar-refractivity contribution in [1.82, 2.24) is 5.32 Å². The minimum Gasteiger partial charge on any atom is -0.311 e. The van der Waals surface area contributed by atoms with Crippen LogP contribution < -0.4 is 5.32 Å². The van der Waals surface area contributed by atoms with E-state index in [2.05, 4.69) is 49.7 Å². The molecule has 2 heteroatoms. The van der Waals surface area contributed by atoms with Crippen molar-refractivity contribution in [3.05, 3.63) is 29.8 Å². The summed E-state index contributed by atoms with van der Waals surface area (Å²) in [6.07, 6.45) is 4.62. The molecule has 0 spiro atoms. The first-order valence-electron chi connectivity index (χ1n) is 6.14. The highest BCUT2D eigenvalue weighted by Gasteiger charge is 2.30. The van der Waals surface area contributed by atoms with Crippen molar-refractivity contribution in [3.63, 3.8) is 0 Å². The van der Waals surface area contributed by atoms with Gasteiger partial charge in [-0.3, -0.25) is 0 Å². The van der Waals surface area contributed by atoms with Crippen LogP contribution in [0.5, 0.6) is 0 Å². The molecule has 1 aromatic rings. The summed E-state index contributed by atoms with van der Waals surface area (Å²) < 4.78 is 0. The molecule has 3 atom stereocenters. The van der Waals surface area contributed by atoms with E-state index in [0.29, 0.717) is 18.0 Å². The lowest BCUT2D eigenvalue weighted by Crippen LogP contribution is -2.28. The molecule has 0 aliphatic carbocycles. The summed E-state index contributed by atoms with van der Waals surface area (Å²) in [6.45, 7) is 4.57. The second-order valence-electron chi connectivity index (χ2n) is 4.70. The van der Waals surface area contributed by atoms with Gasteiger partial charge in [0.2, 0.25) is 0 Å². The first-order chi connectivity index (χ1) is 7.74. The van der Waals surface area contributed by atoms with Gasteiger partial charge in [0.15, 0.2) is 0 Å². The zero-order chi connectivity index (χ0) is 11.5. The van der Waals surface area contributed by atoms with Crippen LogP contribution in [0.1, 0.15) is 38.2 Å². The van der Waals surface area contributed by atoms with Crippen LogP contribution in [0.3, 0.4) is 0 Å². The molecule has 1 aromatic carbocycles. The van der Waals surface area contributed by atoms with Crippen LogP contribution >= 0.6 is 11.8 Å². The maximum Gasteiger partial charge on any atom is 0.0136 e. The molecule has 0 radical (unpaired) electrons. The molecular formula is C14H21NS. The molecule has 3 unspecified atom stereocenters. The summed E-state index contributed by atoms with van der Waals surface area (Å²) in [5, 5.41) is 3.68. The molecule has 0 aromatic heterocycles. The average molecular weight is 235 g/mol. The summed E-state index contributed by atoms with van der Waals surface area (Å²) in [5.74, 6) is 0.705. The molecule has 1 aliphatic rings. The number of benzene rings is 1. The third-order valence-corrected chi connectivity index (χ3v) is 4.32. The molecular weight excluding hydrogens is 214 g/mol. The Bertz CT molecular complexity index is 333. The first-order valence-corrected chi connectivity index (χ1v) is 7.37. The fraction of sp³-hybridized carbons (Fsp3) is 0.571. The van der Waals surface area contributed by atoms with Gasteiger partial charge in [-0.1, -0.05) is 19.1 Å².